The average molecular weight is 509 g/mol. The summed E-state index contributed by atoms with van der Waals surface area (Å²) in [6.07, 6.45) is 9.49. The second kappa shape index (κ2) is 9.43. The molecule has 1 aromatic heterocycles. The predicted molar refractivity (Wildman–Crippen MR) is 159 cm³/mol. The maximum absolute atomic E-state index is 4.59. The van der Waals surface area contributed by atoms with Gasteiger partial charge in [0.05, 0.1) is 4.88 Å². The summed E-state index contributed by atoms with van der Waals surface area (Å²) in [5.74, 6) is 2.97. The van der Waals surface area contributed by atoms with Crippen molar-refractivity contribution < 1.29 is 0 Å². The van der Waals surface area contributed by atoms with Crippen LogP contribution in [0.5, 0.6) is 0 Å². The Morgan fingerprint density at radius 2 is 1.76 bits per heavy atom. The summed E-state index contributed by atoms with van der Waals surface area (Å²) in [6.45, 7) is 12.9. The molecule has 0 spiro atoms. The van der Waals surface area contributed by atoms with Crippen LogP contribution in [0.25, 0.3) is 26.9 Å². The third-order valence-corrected chi connectivity index (χ3v) is 11.4. The van der Waals surface area contributed by atoms with Crippen LogP contribution in [0, 0.1) is 17.8 Å². The predicted octanol–water partition coefficient (Wildman–Crippen LogP) is 8.41. The Balaban J connectivity index is 1.13. The van der Waals surface area contributed by atoms with E-state index in [2.05, 4.69) is 78.5 Å². The highest BCUT2D eigenvalue weighted by Crippen LogP contribution is 2.55. The number of likely N-dealkylation sites (N-methyl/N-ethyl adjacent to an activating group) is 1. The molecule has 8 rings (SSSR count). The van der Waals surface area contributed by atoms with Crippen molar-refractivity contribution in [2.75, 3.05) is 26.7 Å². The number of fused-ring (bicyclic) bond motifs is 4. The molecule has 0 amide bonds. The van der Waals surface area contributed by atoms with Gasteiger partial charge in [-0.15, -0.1) is 11.3 Å². The first-order valence-electron chi connectivity index (χ1n) is 14.5. The molecule has 5 fully saturated rings. The van der Waals surface area contributed by atoms with E-state index in [4.69, 9.17) is 0 Å². The van der Waals surface area contributed by atoms with Crippen molar-refractivity contribution in [2.45, 2.75) is 56.9 Å². The number of benzene rings is 2. The van der Waals surface area contributed by atoms with E-state index in [9.17, 15) is 0 Å². The van der Waals surface area contributed by atoms with Gasteiger partial charge < -0.3 is 9.80 Å². The molecular formula is C34H40N2S. The number of nitrogens with zero attached hydrogens (tertiary/aromatic N) is 2. The normalized spacial score (nSPS) is 29.1. The van der Waals surface area contributed by atoms with Gasteiger partial charge in [0.25, 0.3) is 0 Å². The SMILES string of the molecule is C=C(C1CCCC1)C1CC1c1cccc(-c2cccc3cc(C(=C)N(C)C4CN5CCC4CC5)sc23)c1. The summed E-state index contributed by atoms with van der Waals surface area (Å²) in [7, 11) is 2.27. The van der Waals surface area contributed by atoms with Crippen molar-refractivity contribution in [1.29, 1.82) is 0 Å². The number of piperidine rings is 3. The van der Waals surface area contributed by atoms with Crippen LogP contribution in [0.15, 0.2) is 67.3 Å². The topological polar surface area (TPSA) is 6.48 Å². The molecule has 0 N–H and O–H groups in total. The summed E-state index contributed by atoms with van der Waals surface area (Å²) in [6, 6.07) is 19.2. The Morgan fingerprint density at radius 3 is 2.51 bits per heavy atom. The monoisotopic (exact) mass is 508 g/mol. The largest absolute Gasteiger partial charge is 0.369 e. The molecule has 0 radical (unpaired) electrons. The molecule has 2 aromatic carbocycles. The van der Waals surface area contributed by atoms with Gasteiger partial charge in [0.2, 0.25) is 0 Å². The Hall–Kier alpha value is -2.36. The zero-order chi connectivity index (χ0) is 25.1. The zero-order valence-electron chi connectivity index (χ0n) is 22.3. The van der Waals surface area contributed by atoms with Crippen LogP contribution in [0.3, 0.4) is 0 Å². The van der Waals surface area contributed by atoms with Crippen molar-refractivity contribution in [3.8, 4) is 11.1 Å². The lowest BCUT2D eigenvalue weighted by Gasteiger charge is -2.49. The fourth-order valence-electron chi connectivity index (χ4n) is 7.69. The molecular weight excluding hydrogens is 468 g/mol. The molecule has 3 atom stereocenters. The van der Waals surface area contributed by atoms with E-state index in [0.717, 1.165) is 11.8 Å². The van der Waals surface area contributed by atoms with Gasteiger partial charge in [0.1, 0.15) is 0 Å². The Labute approximate surface area is 226 Å². The molecule has 192 valence electrons. The number of hydrogen-bond acceptors (Lipinski definition) is 3. The lowest BCUT2D eigenvalue weighted by Crippen LogP contribution is -2.55. The molecule has 4 heterocycles. The highest BCUT2D eigenvalue weighted by molar-refractivity contribution is 7.20. The lowest BCUT2D eigenvalue weighted by atomic mass is 9.83. The van der Waals surface area contributed by atoms with Crippen LogP contribution in [-0.4, -0.2) is 42.5 Å². The van der Waals surface area contributed by atoms with Gasteiger partial charge in [-0.1, -0.05) is 74.0 Å². The maximum Gasteiger partial charge on any atom is 0.0510 e. The van der Waals surface area contributed by atoms with E-state index in [1.165, 1.54) is 102 Å². The summed E-state index contributed by atoms with van der Waals surface area (Å²) in [5, 5.41) is 1.34. The Morgan fingerprint density at radius 1 is 0.973 bits per heavy atom. The summed E-state index contributed by atoms with van der Waals surface area (Å²) < 4.78 is 1.39. The van der Waals surface area contributed by atoms with Crippen LogP contribution in [0.4, 0.5) is 0 Å². The van der Waals surface area contributed by atoms with E-state index >= 15 is 0 Å². The van der Waals surface area contributed by atoms with Crippen molar-refractivity contribution in [2.24, 2.45) is 17.8 Å². The van der Waals surface area contributed by atoms with Gasteiger partial charge in [0.15, 0.2) is 0 Å². The summed E-state index contributed by atoms with van der Waals surface area (Å²) in [5.41, 5.74) is 6.95. The van der Waals surface area contributed by atoms with Crippen LogP contribution >= 0.6 is 11.3 Å². The van der Waals surface area contributed by atoms with Crippen molar-refractivity contribution >= 4 is 27.1 Å². The second-order valence-electron chi connectivity index (χ2n) is 12.2. The molecule has 2 aliphatic carbocycles. The van der Waals surface area contributed by atoms with E-state index in [0.29, 0.717) is 17.9 Å². The Kier molecular flexibility index (Phi) is 6.05. The molecule has 2 saturated carbocycles. The maximum atomic E-state index is 4.59. The zero-order valence-corrected chi connectivity index (χ0v) is 23.1. The molecule has 3 heteroatoms. The molecule has 3 unspecified atom stereocenters. The highest BCUT2D eigenvalue weighted by Gasteiger charge is 2.42. The van der Waals surface area contributed by atoms with E-state index in [-0.39, 0.29) is 0 Å². The molecule has 5 aliphatic rings. The third-order valence-electron chi connectivity index (χ3n) is 10.1. The van der Waals surface area contributed by atoms with Gasteiger partial charge in [-0.3, -0.25) is 0 Å². The molecule has 3 aliphatic heterocycles. The first-order chi connectivity index (χ1) is 18.1. The van der Waals surface area contributed by atoms with Gasteiger partial charge in [-0.25, -0.2) is 0 Å². The van der Waals surface area contributed by atoms with Crippen LogP contribution < -0.4 is 0 Å². The van der Waals surface area contributed by atoms with E-state index < -0.39 is 0 Å². The molecule has 2 nitrogen and oxygen atoms in total. The van der Waals surface area contributed by atoms with Crippen molar-refractivity contribution in [3.05, 3.63) is 77.7 Å². The third kappa shape index (κ3) is 4.29. The smallest absolute Gasteiger partial charge is 0.0510 e. The standard InChI is InChI=1S/C34H40N2S/c1-22(24-8-4-5-9-24)30-20-31(30)27-11-6-10-26(18-27)29-13-7-12-28-19-33(37-34(28)29)23(2)35(3)32-21-36-16-14-25(32)15-17-36/h6-7,10-13,18-19,24-25,30-32H,1-2,4-5,8-9,14-17,20-21H2,3H3. The minimum absolute atomic E-state index is 0.599. The van der Waals surface area contributed by atoms with Crippen molar-refractivity contribution in [3.63, 3.8) is 0 Å². The number of thiophene rings is 1. The average Bonchev–Trinajstić information content (AvgIpc) is 3.33. The Bertz CT molecular complexity index is 1340. The fraction of sp³-hybridized carbons (Fsp3) is 0.471. The molecule has 2 bridgehead atoms. The van der Waals surface area contributed by atoms with E-state index in [1.807, 2.05) is 11.3 Å². The number of rotatable bonds is 7. The van der Waals surface area contributed by atoms with Gasteiger partial charge >= 0.3 is 0 Å². The first kappa shape index (κ1) is 23.7. The van der Waals surface area contributed by atoms with E-state index in [1.54, 1.807) is 5.57 Å². The lowest BCUT2D eigenvalue weighted by molar-refractivity contribution is 0.0389. The fourth-order valence-corrected chi connectivity index (χ4v) is 8.90. The molecule has 37 heavy (non-hydrogen) atoms. The highest BCUT2D eigenvalue weighted by atomic mass is 32.1. The minimum atomic E-state index is 0.599. The van der Waals surface area contributed by atoms with Crippen LogP contribution in [-0.2, 0) is 0 Å². The molecule has 3 saturated heterocycles. The van der Waals surface area contributed by atoms with Crippen molar-refractivity contribution in [1.82, 2.24) is 9.80 Å². The quantitative estimate of drug-likeness (QED) is 0.296. The second-order valence-corrected chi connectivity index (χ2v) is 13.3. The van der Waals surface area contributed by atoms with Gasteiger partial charge in [0, 0.05) is 30.0 Å². The minimum Gasteiger partial charge on any atom is -0.369 e. The van der Waals surface area contributed by atoms with Crippen LogP contribution in [0.1, 0.15) is 61.3 Å². The molecule has 3 aromatic rings. The summed E-state index contributed by atoms with van der Waals surface area (Å²) in [4.78, 5) is 6.44. The first-order valence-corrected chi connectivity index (χ1v) is 15.3. The number of allylic oxidation sites excluding steroid dienone is 1. The summed E-state index contributed by atoms with van der Waals surface area (Å²) >= 11 is 1.92. The van der Waals surface area contributed by atoms with Gasteiger partial charge in [-0.05, 0) is 97.0 Å². The van der Waals surface area contributed by atoms with Gasteiger partial charge in [-0.2, -0.15) is 0 Å². The van der Waals surface area contributed by atoms with Crippen LogP contribution in [0.2, 0.25) is 0 Å². The number of hydrogen-bond donors (Lipinski definition) is 0.